The van der Waals surface area contributed by atoms with Crippen LogP contribution in [0, 0.1) is 5.82 Å². The molecule has 1 aliphatic rings. The number of aromatic nitrogens is 5. The molecular weight excluding hydrogens is 461 g/mol. The molecule has 0 atom stereocenters. The van der Waals surface area contributed by atoms with Crippen LogP contribution in [0.1, 0.15) is 62.6 Å². The van der Waals surface area contributed by atoms with Gasteiger partial charge in [-0.3, -0.25) is 14.7 Å². The molecule has 0 aromatic carbocycles. The minimum Gasteiger partial charge on any atom is -0.493 e. The van der Waals surface area contributed by atoms with Crippen LogP contribution in [-0.4, -0.2) is 62.1 Å². The molecule has 5 rings (SSSR count). The number of ether oxygens (including phenoxy) is 1. The number of carbonyl (C=O) groups is 1. The van der Waals surface area contributed by atoms with Crippen molar-refractivity contribution in [1.29, 1.82) is 0 Å². The number of fused-ring (bicyclic) bond motifs is 2. The van der Waals surface area contributed by atoms with Crippen LogP contribution in [-0.2, 0) is 4.79 Å². The maximum absolute atomic E-state index is 16.2. The van der Waals surface area contributed by atoms with Crippen molar-refractivity contribution in [3.8, 4) is 17.0 Å². The Balaban J connectivity index is 1.52. The van der Waals surface area contributed by atoms with Gasteiger partial charge in [0.1, 0.15) is 6.33 Å². The highest BCUT2D eigenvalue weighted by Crippen LogP contribution is 2.41. The van der Waals surface area contributed by atoms with Crippen molar-refractivity contribution in [2.45, 2.75) is 57.4 Å². The number of nitrogens with two attached hydrogens (primary N) is 1. The first-order valence-electron chi connectivity index (χ1n) is 12.3. The van der Waals surface area contributed by atoms with Gasteiger partial charge in [-0.05, 0) is 50.3 Å². The average molecular weight is 494 g/mol. The van der Waals surface area contributed by atoms with E-state index in [2.05, 4.69) is 33.9 Å². The number of carbonyl (C=O) groups excluding carboxylic acids is 1. The maximum atomic E-state index is 16.2. The molecule has 4 heterocycles. The zero-order chi connectivity index (χ0) is 25.6. The topological polar surface area (TPSA) is 114 Å². The summed E-state index contributed by atoms with van der Waals surface area (Å²) in [6, 6.07) is 2.17. The van der Waals surface area contributed by atoms with E-state index in [1.807, 2.05) is 24.2 Å². The molecule has 1 fully saturated rings. The lowest BCUT2D eigenvalue weighted by molar-refractivity contribution is -0.119. The standard InChI is InChI=1S/C26H32FN7O2/c1-14(2)21-22-18(32-24(21)16-9-19(36-4)26-30-13-31-34(26)11-16)10-29-25(23(22)27)15-5-7-17(8-6-15)33(3)12-20(28)35/h9-11,13-15,17,32H,5-8,12H2,1-4H3,(H2,28,35). The SMILES string of the molecule is COc1cc(-c2[nH]c3cnc(C4CCC(N(C)CC(N)=O)CC4)c(F)c3c2C(C)C)cn2ncnc12. The molecule has 0 aliphatic heterocycles. The number of aromatic amines is 1. The zero-order valence-electron chi connectivity index (χ0n) is 21.1. The molecule has 0 radical (unpaired) electrons. The second-order valence-electron chi connectivity index (χ2n) is 10.0. The molecule has 4 aromatic rings. The number of H-pyrrole nitrogens is 1. The maximum Gasteiger partial charge on any atom is 0.231 e. The number of pyridine rings is 2. The van der Waals surface area contributed by atoms with Gasteiger partial charge in [0, 0.05) is 29.1 Å². The Morgan fingerprint density at radius 1 is 1.31 bits per heavy atom. The predicted octanol–water partition coefficient (Wildman–Crippen LogP) is 3.99. The third kappa shape index (κ3) is 4.19. The van der Waals surface area contributed by atoms with Crippen molar-refractivity contribution < 1.29 is 13.9 Å². The van der Waals surface area contributed by atoms with Gasteiger partial charge >= 0.3 is 0 Å². The number of likely N-dealkylation sites (N-methyl/N-ethyl adjacent to an activating group) is 1. The molecule has 1 amide bonds. The van der Waals surface area contributed by atoms with Crippen LogP contribution in [0.15, 0.2) is 24.8 Å². The molecule has 0 spiro atoms. The molecule has 1 saturated carbocycles. The summed E-state index contributed by atoms with van der Waals surface area (Å²) in [7, 11) is 3.52. The van der Waals surface area contributed by atoms with Gasteiger partial charge < -0.3 is 15.5 Å². The van der Waals surface area contributed by atoms with Crippen LogP contribution in [0.25, 0.3) is 27.8 Å². The van der Waals surface area contributed by atoms with E-state index < -0.39 is 0 Å². The van der Waals surface area contributed by atoms with Gasteiger partial charge in [0.15, 0.2) is 17.2 Å². The molecule has 10 heteroatoms. The minimum absolute atomic E-state index is 0.0394. The Bertz CT molecular complexity index is 1420. The third-order valence-corrected chi connectivity index (χ3v) is 7.38. The van der Waals surface area contributed by atoms with E-state index in [1.165, 1.54) is 6.33 Å². The van der Waals surface area contributed by atoms with Crippen molar-refractivity contribution in [3.63, 3.8) is 0 Å². The number of methoxy groups -OCH3 is 1. The van der Waals surface area contributed by atoms with E-state index in [1.54, 1.807) is 17.8 Å². The van der Waals surface area contributed by atoms with E-state index in [0.29, 0.717) is 28.0 Å². The molecule has 9 nitrogen and oxygen atoms in total. The Kier molecular flexibility index (Phi) is 6.38. The Hall–Kier alpha value is -3.53. The monoisotopic (exact) mass is 493 g/mol. The summed E-state index contributed by atoms with van der Waals surface area (Å²) in [4.78, 5) is 25.5. The summed E-state index contributed by atoms with van der Waals surface area (Å²) in [6.07, 6.45) is 8.49. The van der Waals surface area contributed by atoms with Gasteiger partial charge in [-0.25, -0.2) is 13.9 Å². The van der Waals surface area contributed by atoms with Gasteiger partial charge in [-0.15, -0.1) is 0 Å². The van der Waals surface area contributed by atoms with Gasteiger partial charge in [0.25, 0.3) is 0 Å². The molecule has 4 aromatic heterocycles. The number of rotatable bonds is 7. The van der Waals surface area contributed by atoms with Crippen LogP contribution in [0.5, 0.6) is 5.75 Å². The highest BCUT2D eigenvalue weighted by Gasteiger charge is 2.30. The van der Waals surface area contributed by atoms with Crippen molar-refractivity contribution in [3.05, 3.63) is 41.9 Å². The normalized spacial score (nSPS) is 18.5. The van der Waals surface area contributed by atoms with Crippen LogP contribution >= 0.6 is 0 Å². The molecular formula is C26H32FN7O2. The van der Waals surface area contributed by atoms with Crippen molar-refractivity contribution in [2.24, 2.45) is 5.73 Å². The van der Waals surface area contributed by atoms with Crippen molar-refractivity contribution in [1.82, 2.24) is 29.5 Å². The third-order valence-electron chi connectivity index (χ3n) is 7.38. The number of hydrogen-bond donors (Lipinski definition) is 2. The fourth-order valence-corrected chi connectivity index (χ4v) is 5.62. The lowest BCUT2D eigenvalue weighted by Gasteiger charge is -2.34. The van der Waals surface area contributed by atoms with Gasteiger partial charge in [-0.1, -0.05) is 13.8 Å². The van der Waals surface area contributed by atoms with Crippen molar-refractivity contribution in [2.75, 3.05) is 20.7 Å². The number of hydrogen-bond acceptors (Lipinski definition) is 6. The molecule has 0 unspecified atom stereocenters. The number of amides is 1. The fraction of sp³-hybridized carbons (Fsp3) is 0.462. The molecule has 190 valence electrons. The summed E-state index contributed by atoms with van der Waals surface area (Å²) < 4.78 is 23.4. The summed E-state index contributed by atoms with van der Waals surface area (Å²) in [6.45, 7) is 4.37. The quantitative estimate of drug-likeness (QED) is 0.402. The first-order valence-corrected chi connectivity index (χ1v) is 12.3. The summed E-state index contributed by atoms with van der Waals surface area (Å²) in [5.41, 5.74) is 9.73. The average Bonchev–Trinajstić information content (AvgIpc) is 3.48. The second kappa shape index (κ2) is 9.50. The van der Waals surface area contributed by atoms with Crippen LogP contribution in [0.4, 0.5) is 4.39 Å². The Morgan fingerprint density at radius 2 is 2.06 bits per heavy atom. The first-order chi connectivity index (χ1) is 17.3. The van der Waals surface area contributed by atoms with Crippen molar-refractivity contribution >= 4 is 22.5 Å². The van der Waals surface area contributed by atoms with Gasteiger partial charge in [-0.2, -0.15) is 5.10 Å². The smallest absolute Gasteiger partial charge is 0.231 e. The second-order valence-corrected chi connectivity index (χ2v) is 10.0. The summed E-state index contributed by atoms with van der Waals surface area (Å²) in [5, 5.41) is 4.86. The van der Waals surface area contributed by atoms with Gasteiger partial charge in [0.2, 0.25) is 5.91 Å². The van der Waals surface area contributed by atoms with E-state index >= 15 is 4.39 Å². The van der Waals surface area contributed by atoms with E-state index in [0.717, 1.165) is 42.5 Å². The number of nitrogens with one attached hydrogen (secondary N) is 1. The van der Waals surface area contributed by atoms with Crippen LogP contribution in [0.2, 0.25) is 0 Å². The highest BCUT2D eigenvalue weighted by atomic mass is 19.1. The highest BCUT2D eigenvalue weighted by molar-refractivity contribution is 5.92. The predicted molar refractivity (Wildman–Crippen MR) is 135 cm³/mol. The lowest BCUT2D eigenvalue weighted by atomic mass is 9.82. The Morgan fingerprint density at radius 3 is 2.72 bits per heavy atom. The molecule has 36 heavy (non-hydrogen) atoms. The van der Waals surface area contributed by atoms with E-state index in [9.17, 15) is 4.79 Å². The first kappa shape index (κ1) is 24.2. The Labute approximate surface area is 208 Å². The number of halogens is 1. The fourth-order valence-electron chi connectivity index (χ4n) is 5.62. The van der Waals surface area contributed by atoms with E-state index in [-0.39, 0.29) is 36.1 Å². The van der Waals surface area contributed by atoms with Crippen LogP contribution < -0.4 is 10.5 Å². The summed E-state index contributed by atoms with van der Waals surface area (Å²) in [5.74, 6) is 0.117. The molecule has 0 bridgehead atoms. The number of nitrogens with zero attached hydrogens (tertiary/aromatic N) is 5. The molecule has 3 N–H and O–H groups in total. The number of primary amides is 1. The molecule has 0 saturated heterocycles. The minimum atomic E-state index is -0.331. The molecule has 1 aliphatic carbocycles. The van der Waals surface area contributed by atoms with Crippen LogP contribution in [0.3, 0.4) is 0 Å². The largest absolute Gasteiger partial charge is 0.493 e. The summed E-state index contributed by atoms with van der Waals surface area (Å²) >= 11 is 0. The lowest BCUT2D eigenvalue weighted by Crippen LogP contribution is -2.40. The van der Waals surface area contributed by atoms with Gasteiger partial charge in [0.05, 0.1) is 36.8 Å². The van der Waals surface area contributed by atoms with E-state index in [4.69, 9.17) is 10.5 Å². The zero-order valence-corrected chi connectivity index (χ0v) is 21.1.